The van der Waals surface area contributed by atoms with Gasteiger partial charge in [-0.15, -0.1) is 0 Å². The van der Waals surface area contributed by atoms with Gasteiger partial charge in [0.2, 0.25) is 0 Å². The molecule has 1 saturated heterocycles. The molecule has 5 atom stereocenters. The van der Waals surface area contributed by atoms with Crippen LogP contribution in [0.4, 0.5) is 0 Å². The zero-order chi connectivity index (χ0) is 34.1. The van der Waals surface area contributed by atoms with Crippen molar-refractivity contribution in [3.05, 3.63) is 138 Å². The highest BCUT2D eigenvalue weighted by Crippen LogP contribution is 2.43. The van der Waals surface area contributed by atoms with Gasteiger partial charge in [-0.25, -0.2) is 4.79 Å². The highest BCUT2D eigenvalue weighted by Gasteiger charge is 2.53. The predicted octanol–water partition coefficient (Wildman–Crippen LogP) is 9.23. The maximum Gasteiger partial charge on any atom is 0.338 e. The standard InChI is InChI=1S/C40H48O6SSi/c1-29-22-24-33(25-23-29)47-39-37(45-38(41)32-20-14-9-15-21-32)36(46-48(5,6)40(2,3)4)35(43-27-31-18-12-8-13-19-31)34(44-39)28-42-26-30-16-10-7-11-17-30/h7-25,34-37,39H,26-28H2,1-6H3/t34-,35+,36+,37-,39+/m1/s1. The minimum absolute atomic E-state index is 0.109. The average molecular weight is 685 g/mol. The van der Waals surface area contributed by atoms with Gasteiger partial charge in [-0.05, 0) is 60.4 Å². The Morgan fingerprint density at radius 1 is 0.750 bits per heavy atom. The smallest absolute Gasteiger partial charge is 0.338 e. The largest absolute Gasteiger partial charge is 0.452 e. The first-order chi connectivity index (χ1) is 23.0. The van der Waals surface area contributed by atoms with Crippen LogP contribution in [0.2, 0.25) is 18.1 Å². The first-order valence-corrected chi connectivity index (χ1v) is 20.4. The van der Waals surface area contributed by atoms with Crippen molar-refractivity contribution in [2.75, 3.05) is 6.61 Å². The number of esters is 1. The molecule has 0 radical (unpaired) electrons. The van der Waals surface area contributed by atoms with Gasteiger partial charge >= 0.3 is 5.97 Å². The summed E-state index contributed by atoms with van der Waals surface area (Å²) in [7, 11) is -2.43. The Bertz CT molecular complexity index is 1560. The Kier molecular flexibility index (Phi) is 12.3. The number of rotatable bonds is 13. The molecule has 1 aliphatic heterocycles. The Morgan fingerprint density at radius 3 is 1.90 bits per heavy atom. The summed E-state index contributed by atoms with van der Waals surface area (Å²) >= 11 is 1.53. The number of hydrogen-bond acceptors (Lipinski definition) is 7. The summed E-state index contributed by atoms with van der Waals surface area (Å²) in [6.45, 7) is 14.2. The first kappa shape index (κ1) is 36.0. The van der Waals surface area contributed by atoms with Crippen LogP contribution in [0.5, 0.6) is 0 Å². The van der Waals surface area contributed by atoms with Crippen LogP contribution < -0.4 is 0 Å². The van der Waals surface area contributed by atoms with Crippen molar-refractivity contribution >= 4 is 26.0 Å². The molecule has 0 spiro atoms. The average Bonchev–Trinajstić information content (AvgIpc) is 3.07. The number of aryl methyl sites for hydroxylation is 1. The normalized spacial score (nSPS) is 21.5. The molecular formula is C40H48O6SSi. The molecule has 0 bridgehead atoms. The second-order valence-electron chi connectivity index (χ2n) is 13.8. The van der Waals surface area contributed by atoms with Crippen molar-refractivity contribution in [2.45, 2.75) is 93.8 Å². The van der Waals surface area contributed by atoms with E-state index in [9.17, 15) is 4.79 Å². The third-order valence-corrected chi connectivity index (χ3v) is 14.7. The van der Waals surface area contributed by atoms with E-state index in [1.807, 2.05) is 78.9 Å². The van der Waals surface area contributed by atoms with Crippen LogP contribution >= 0.6 is 11.8 Å². The van der Waals surface area contributed by atoms with Crippen molar-refractivity contribution in [2.24, 2.45) is 0 Å². The van der Waals surface area contributed by atoms with E-state index in [4.69, 9.17) is 23.4 Å². The number of hydrogen-bond donors (Lipinski definition) is 0. The molecule has 0 N–H and O–H groups in total. The Balaban J connectivity index is 1.54. The molecule has 0 aliphatic carbocycles. The molecule has 0 amide bonds. The van der Waals surface area contributed by atoms with Crippen LogP contribution in [0.15, 0.2) is 120 Å². The van der Waals surface area contributed by atoms with E-state index in [1.54, 1.807) is 12.1 Å². The van der Waals surface area contributed by atoms with E-state index in [0.717, 1.165) is 21.6 Å². The Labute approximate surface area is 291 Å². The van der Waals surface area contributed by atoms with Gasteiger partial charge in [-0.2, -0.15) is 0 Å². The summed E-state index contributed by atoms with van der Waals surface area (Å²) in [6, 6.07) is 37.5. The van der Waals surface area contributed by atoms with E-state index in [2.05, 4.69) is 65.1 Å². The quantitative estimate of drug-likeness (QED) is 0.103. The van der Waals surface area contributed by atoms with Gasteiger partial charge in [-0.1, -0.05) is 129 Å². The monoisotopic (exact) mass is 684 g/mol. The first-order valence-electron chi connectivity index (χ1n) is 16.6. The summed E-state index contributed by atoms with van der Waals surface area (Å²) in [5, 5.41) is -0.109. The molecule has 254 valence electrons. The van der Waals surface area contributed by atoms with Crippen LogP contribution in [0.1, 0.15) is 47.8 Å². The van der Waals surface area contributed by atoms with E-state index in [0.29, 0.717) is 18.8 Å². The van der Waals surface area contributed by atoms with Gasteiger partial charge in [0.25, 0.3) is 0 Å². The van der Waals surface area contributed by atoms with Gasteiger partial charge in [-0.3, -0.25) is 0 Å². The second kappa shape index (κ2) is 16.4. The van der Waals surface area contributed by atoms with E-state index in [-0.39, 0.29) is 11.6 Å². The lowest BCUT2D eigenvalue weighted by Crippen LogP contribution is -2.63. The maximum atomic E-state index is 13.8. The molecule has 8 heteroatoms. The van der Waals surface area contributed by atoms with Crippen molar-refractivity contribution in [1.82, 2.24) is 0 Å². The minimum Gasteiger partial charge on any atom is -0.452 e. The minimum atomic E-state index is -2.43. The van der Waals surface area contributed by atoms with E-state index in [1.165, 1.54) is 11.8 Å². The fourth-order valence-corrected chi connectivity index (χ4v) is 7.64. The second-order valence-corrected chi connectivity index (χ2v) is 19.7. The van der Waals surface area contributed by atoms with E-state index >= 15 is 0 Å². The summed E-state index contributed by atoms with van der Waals surface area (Å²) < 4.78 is 33.7. The molecular weight excluding hydrogens is 637 g/mol. The molecule has 4 aromatic carbocycles. The highest BCUT2D eigenvalue weighted by molar-refractivity contribution is 7.99. The van der Waals surface area contributed by atoms with Crippen molar-refractivity contribution in [3.8, 4) is 0 Å². The fourth-order valence-electron chi connectivity index (χ4n) is 5.24. The number of ether oxygens (including phenoxy) is 4. The number of benzene rings is 4. The van der Waals surface area contributed by atoms with Gasteiger partial charge in [0.15, 0.2) is 14.4 Å². The maximum absolute atomic E-state index is 13.8. The lowest BCUT2D eigenvalue weighted by atomic mass is 9.99. The molecule has 48 heavy (non-hydrogen) atoms. The van der Waals surface area contributed by atoms with Gasteiger partial charge in [0.1, 0.15) is 23.7 Å². The summed E-state index contributed by atoms with van der Waals surface area (Å²) in [6.07, 6.45) is -2.48. The van der Waals surface area contributed by atoms with Gasteiger partial charge < -0.3 is 23.4 Å². The van der Waals surface area contributed by atoms with Crippen molar-refractivity contribution < 1.29 is 28.2 Å². The summed E-state index contributed by atoms with van der Waals surface area (Å²) in [4.78, 5) is 14.8. The summed E-state index contributed by atoms with van der Waals surface area (Å²) in [5.74, 6) is -0.428. The van der Waals surface area contributed by atoms with Crippen LogP contribution in [0.25, 0.3) is 0 Å². The molecule has 1 heterocycles. The molecule has 0 saturated carbocycles. The Morgan fingerprint density at radius 2 is 1.31 bits per heavy atom. The third-order valence-electron chi connectivity index (χ3n) is 9.03. The topological polar surface area (TPSA) is 63.2 Å². The predicted molar refractivity (Wildman–Crippen MR) is 195 cm³/mol. The number of thioether (sulfide) groups is 1. The molecule has 0 aromatic heterocycles. The molecule has 1 aliphatic rings. The van der Waals surface area contributed by atoms with Crippen molar-refractivity contribution in [1.29, 1.82) is 0 Å². The van der Waals surface area contributed by atoms with Crippen molar-refractivity contribution in [3.63, 3.8) is 0 Å². The molecule has 4 aromatic rings. The zero-order valence-corrected chi connectivity index (χ0v) is 30.7. The van der Waals surface area contributed by atoms with Crippen LogP contribution in [0.3, 0.4) is 0 Å². The van der Waals surface area contributed by atoms with Crippen LogP contribution in [-0.4, -0.2) is 50.7 Å². The van der Waals surface area contributed by atoms with Crippen LogP contribution in [0, 0.1) is 6.92 Å². The Hall–Kier alpha value is -3.24. The third kappa shape index (κ3) is 9.68. The molecule has 1 fully saturated rings. The zero-order valence-electron chi connectivity index (χ0n) is 28.8. The van der Waals surface area contributed by atoms with Gasteiger partial charge in [0, 0.05) is 4.90 Å². The lowest BCUT2D eigenvalue weighted by molar-refractivity contribution is -0.224. The fraction of sp³-hybridized carbons (Fsp3) is 0.375. The van der Waals surface area contributed by atoms with E-state index < -0.39 is 44.1 Å². The SMILES string of the molecule is Cc1ccc(S[C@@H]2O[C@H](COCc3ccccc3)[C@H](OCc3ccccc3)[C@H](O[Si](C)(C)C(C)(C)C)[C@H]2OC(=O)c2ccccc2)cc1. The number of carbonyl (C=O) groups is 1. The van der Waals surface area contributed by atoms with Crippen LogP contribution in [-0.2, 0) is 36.6 Å². The summed E-state index contributed by atoms with van der Waals surface area (Å²) in [5.41, 5.74) is 3.15. The lowest BCUT2D eigenvalue weighted by Gasteiger charge is -2.49. The van der Waals surface area contributed by atoms with Gasteiger partial charge in [0.05, 0.1) is 25.4 Å². The molecule has 6 nitrogen and oxygen atoms in total. The molecule has 5 rings (SSSR count). The highest BCUT2D eigenvalue weighted by atomic mass is 32.2. The number of carbonyl (C=O) groups excluding carboxylic acids is 1. The molecule has 0 unspecified atom stereocenters.